The number of furan rings is 1. The van der Waals surface area contributed by atoms with Crippen LogP contribution in [-0.4, -0.2) is 24.4 Å². The maximum absolute atomic E-state index is 9.24. The number of aliphatic hydroxyl groups is 1. The van der Waals surface area contributed by atoms with Gasteiger partial charge in [0.15, 0.2) is 0 Å². The fraction of sp³-hybridized carbons (Fsp3) is 0.667. The number of hydrogen-bond acceptors (Lipinski definition) is 4. The highest BCUT2D eigenvalue weighted by Crippen LogP contribution is 2.12. The van der Waals surface area contributed by atoms with Crippen LogP contribution in [0.1, 0.15) is 31.8 Å². The molecule has 1 aromatic rings. The second kappa shape index (κ2) is 6.03. The molecule has 0 aliphatic rings. The molecule has 2 N–H and O–H groups in total. The monoisotopic (exact) mass is 227 g/mol. The molecule has 0 amide bonds. The lowest BCUT2D eigenvalue weighted by Crippen LogP contribution is -2.44. The Morgan fingerprint density at radius 1 is 1.44 bits per heavy atom. The zero-order valence-corrected chi connectivity index (χ0v) is 10.2. The molecule has 4 heteroatoms. The van der Waals surface area contributed by atoms with E-state index in [1.807, 2.05) is 26.0 Å². The molecule has 0 aromatic carbocycles. The number of hydrogen-bond donors (Lipinski definition) is 2. The van der Waals surface area contributed by atoms with E-state index in [2.05, 4.69) is 5.32 Å². The van der Waals surface area contributed by atoms with E-state index in [9.17, 15) is 5.11 Å². The van der Waals surface area contributed by atoms with Crippen molar-refractivity contribution < 1.29 is 14.3 Å². The van der Waals surface area contributed by atoms with E-state index in [4.69, 9.17) is 9.15 Å². The highest BCUT2D eigenvalue weighted by atomic mass is 16.5. The van der Waals surface area contributed by atoms with Crippen molar-refractivity contribution in [3.05, 3.63) is 23.7 Å². The summed E-state index contributed by atoms with van der Waals surface area (Å²) in [6, 6.07) is 3.83. The summed E-state index contributed by atoms with van der Waals surface area (Å²) in [6.45, 7) is 5.27. The number of nitrogens with one attached hydrogen (secondary N) is 1. The number of rotatable bonds is 7. The summed E-state index contributed by atoms with van der Waals surface area (Å²) >= 11 is 0. The van der Waals surface area contributed by atoms with Crippen LogP contribution in [0.15, 0.2) is 16.5 Å². The second-order valence-electron chi connectivity index (χ2n) is 4.23. The highest BCUT2D eigenvalue weighted by Gasteiger charge is 2.20. The third-order valence-corrected chi connectivity index (χ3v) is 2.82. The lowest BCUT2D eigenvalue weighted by Gasteiger charge is -2.26. The molecule has 92 valence electrons. The lowest BCUT2D eigenvalue weighted by atomic mass is 10.0. The number of methoxy groups -OCH3 is 1. The molecule has 4 nitrogen and oxygen atoms in total. The summed E-state index contributed by atoms with van der Waals surface area (Å²) in [5, 5.41) is 12.5. The van der Waals surface area contributed by atoms with Gasteiger partial charge in [-0.2, -0.15) is 0 Å². The Labute approximate surface area is 96.6 Å². The molecule has 0 fully saturated rings. The molecule has 1 aromatic heterocycles. The first-order valence-electron chi connectivity index (χ1n) is 5.56. The molecule has 0 saturated heterocycles. The zero-order chi connectivity index (χ0) is 12.0. The Morgan fingerprint density at radius 3 is 2.69 bits per heavy atom. The molecule has 0 aliphatic carbocycles. The van der Waals surface area contributed by atoms with E-state index >= 15 is 0 Å². The van der Waals surface area contributed by atoms with Gasteiger partial charge < -0.3 is 19.6 Å². The molecular formula is C12H21NO3. The molecule has 0 aliphatic heterocycles. The van der Waals surface area contributed by atoms with Gasteiger partial charge in [0.1, 0.15) is 18.1 Å². The van der Waals surface area contributed by atoms with E-state index in [0.29, 0.717) is 13.2 Å². The van der Waals surface area contributed by atoms with Gasteiger partial charge in [-0.05, 0) is 25.5 Å². The summed E-state index contributed by atoms with van der Waals surface area (Å²) < 4.78 is 10.5. The van der Waals surface area contributed by atoms with Crippen molar-refractivity contribution in [1.29, 1.82) is 0 Å². The number of aliphatic hydroxyl groups excluding tert-OH is 1. The van der Waals surface area contributed by atoms with E-state index in [0.717, 1.165) is 17.9 Å². The van der Waals surface area contributed by atoms with Crippen LogP contribution in [0.5, 0.6) is 0 Å². The van der Waals surface area contributed by atoms with Crippen LogP contribution in [0.4, 0.5) is 0 Å². The predicted molar refractivity (Wildman–Crippen MR) is 62.0 cm³/mol. The predicted octanol–water partition coefficient (Wildman–Crippen LogP) is 1.68. The fourth-order valence-electron chi connectivity index (χ4n) is 1.33. The van der Waals surface area contributed by atoms with Gasteiger partial charge >= 0.3 is 0 Å². The Hall–Kier alpha value is -0.840. The summed E-state index contributed by atoms with van der Waals surface area (Å²) in [6.07, 6.45) is 0.870. The van der Waals surface area contributed by atoms with E-state index in [-0.39, 0.29) is 12.1 Å². The first-order valence-corrected chi connectivity index (χ1v) is 5.56. The third kappa shape index (κ3) is 3.63. The molecule has 0 saturated carbocycles. The molecule has 1 heterocycles. The Morgan fingerprint density at radius 2 is 2.12 bits per heavy atom. The molecular weight excluding hydrogens is 206 g/mol. The van der Waals surface area contributed by atoms with Crippen LogP contribution in [0.3, 0.4) is 0 Å². The maximum Gasteiger partial charge on any atom is 0.129 e. The van der Waals surface area contributed by atoms with Gasteiger partial charge in [-0.25, -0.2) is 0 Å². The Balaban J connectivity index is 2.47. The van der Waals surface area contributed by atoms with Gasteiger partial charge in [0.2, 0.25) is 0 Å². The third-order valence-electron chi connectivity index (χ3n) is 2.82. The highest BCUT2D eigenvalue weighted by molar-refractivity contribution is 5.06. The van der Waals surface area contributed by atoms with Crippen molar-refractivity contribution in [3.63, 3.8) is 0 Å². The van der Waals surface area contributed by atoms with E-state index in [1.54, 1.807) is 7.11 Å². The largest absolute Gasteiger partial charge is 0.462 e. The molecule has 0 spiro atoms. The molecule has 16 heavy (non-hydrogen) atoms. The number of ether oxygens (including phenoxy) is 1. The minimum Gasteiger partial charge on any atom is -0.462 e. The first kappa shape index (κ1) is 13.2. The SMILES string of the molecule is CCC(C)(CO)NCc1ccc(COC)o1. The normalized spacial score (nSPS) is 15.0. The second-order valence-corrected chi connectivity index (χ2v) is 4.23. The summed E-state index contributed by atoms with van der Waals surface area (Å²) in [7, 11) is 1.64. The van der Waals surface area contributed by atoms with Crippen LogP contribution in [0.2, 0.25) is 0 Å². The van der Waals surface area contributed by atoms with Crippen LogP contribution in [0.25, 0.3) is 0 Å². The van der Waals surface area contributed by atoms with Gasteiger partial charge in [-0.15, -0.1) is 0 Å². The lowest BCUT2D eigenvalue weighted by molar-refractivity contribution is 0.156. The van der Waals surface area contributed by atoms with Gasteiger partial charge in [-0.1, -0.05) is 6.92 Å². The van der Waals surface area contributed by atoms with Gasteiger partial charge in [0, 0.05) is 12.6 Å². The molecule has 0 radical (unpaired) electrons. The average molecular weight is 227 g/mol. The average Bonchev–Trinajstić information content (AvgIpc) is 2.74. The fourth-order valence-corrected chi connectivity index (χ4v) is 1.33. The Kier molecular flexibility index (Phi) is 4.99. The van der Waals surface area contributed by atoms with Crippen molar-refractivity contribution in [2.45, 2.75) is 39.0 Å². The Bertz CT molecular complexity index is 305. The van der Waals surface area contributed by atoms with Crippen molar-refractivity contribution in [2.24, 2.45) is 0 Å². The summed E-state index contributed by atoms with van der Waals surface area (Å²) in [5.41, 5.74) is -0.242. The minimum atomic E-state index is -0.242. The molecule has 0 bridgehead atoms. The topological polar surface area (TPSA) is 54.6 Å². The van der Waals surface area contributed by atoms with Crippen LogP contribution in [0, 0.1) is 0 Å². The van der Waals surface area contributed by atoms with Crippen molar-refractivity contribution in [2.75, 3.05) is 13.7 Å². The van der Waals surface area contributed by atoms with Crippen LogP contribution in [-0.2, 0) is 17.9 Å². The van der Waals surface area contributed by atoms with Gasteiger partial charge in [-0.3, -0.25) is 0 Å². The maximum atomic E-state index is 9.24. The zero-order valence-electron chi connectivity index (χ0n) is 10.2. The standard InChI is InChI=1S/C12H21NO3/c1-4-12(2,9-14)13-7-10-5-6-11(16-10)8-15-3/h5-6,13-14H,4,7-9H2,1-3H3. The van der Waals surface area contributed by atoms with Gasteiger partial charge in [0.25, 0.3) is 0 Å². The quantitative estimate of drug-likeness (QED) is 0.744. The van der Waals surface area contributed by atoms with Crippen LogP contribution >= 0.6 is 0 Å². The molecule has 1 unspecified atom stereocenters. The summed E-state index contributed by atoms with van der Waals surface area (Å²) in [4.78, 5) is 0. The molecule has 1 rings (SSSR count). The van der Waals surface area contributed by atoms with E-state index < -0.39 is 0 Å². The summed E-state index contributed by atoms with van der Waals surface area (Å²) in [5.74, 6) is 1.68. The van der Waals surface area contributed by atoms with E-state index in [1.165, 1.54) is 0 Å². The van der Waals surface area contributed by atoms with Crippen molar-refractivity contribution in [1.82, 2.24) is 5.32 Å². The molecule has 1 atom stereocenters. The van der Waals surface area contributed by atoms with Gasteiger partial charge in [0.05, 0.1) is 13.2 Å². The minimum absolute atomic E-state index is 0.120. The first-order chi connectivity index (χ1) is 7.63. The van der Waals surface area contributed by atoms with Crippen molar-refractivity contribution >= 4 is 0 Å². The van der Waals surface area contributed by atoms with Crippen molar-refractivity contribution in [3.8, 4) is 0 Å². The van der Waals surface area contributed by atoms with Crippen LogP contribution < -0.4 is 5.32 Å². The smallest absolute Gasteiger partial charge is 0.129 e.